The molecule has 7 atom stereocenters. The van der Waals surface area contributed by atoms with E-state index in [9.17, 15) is 9.90 Å². The van der Waals surface area contributed by atoms with Crippen LogP contribution in [-0.2, 0) is 4.79 Å². The van der Waals surface area contributed by atoms with Crippen molar-refractivity contribution in [3.63, 3.8) is 0 Å². The second-order valence-corrected chi connectivity index (χ2v) is 9.20. The van der Waals surface area contributed by atoms with E-state index in [2.05, 4.69) is 13.8 Å². The molecule has 4 aliphatic rings. The minimum absolute atomic E-state index is 0.0541. The summed E-state index contributed by atoms with van der Waals surface area (Å²) in [5.74, 6) is 3.51. The van der Waals surface area contributed by atoms with Gasteiger partial charge in [0, 0.05) is 12.8 Å². The smallest absolute Gasteiger partial charge is 0.133 e. The summed E-state index contributed by atoms with van der Waals surface area (Å²) in [6.07, 6.45) is 10.1. The monoisotopic (exact) mass is 290 g/mol. The minimum Gasteiger partial charge on any atom is -0.393 e. The number of hydrogen-bond acceptors (Lipinski definition) is 2. The summed E-state index contributed by atoms with van der Waals surface area (Å²) in [7, 11) is 0. The van der Waals surface area contributed by atoms with Gasteiger partial charge in [0.1, 0.15) is 5.78 Å². The molecule has 1 N–H and O–H groups in total. The molecule has 0 heterocycles. The highest BCUT2D eigenvalue weighted by Gasteiger charge is 2.59. The van der Waals surface area contributed by atoms with Gasteiger partial charge in [0.2, 0.25) is 0 Å². The van der Waals surface area contributed by atoms with Gasteiger partial charge in [-0.05, 0) is 79.4 Å². The lowest BCUT2D eigenvalue weighted by Gasteiger charge is -2.60. The Kier molecular flexibility index (Phi) is 3.10. The van der Waals surface area contributed by atoms with Crippen LogP contribution in [0.15, 0.2) is 0 Å². The van der Waals surface area contributed by atoms with E-state index in [-0.39, 0.29) is 6.10 Å². The Labute approximate surface area is 128 Å². The van der Waals surface area contributed by atoms with Crippen molar-refractivity contribution in [1.29, 1.82) is 0 Å². The van der Waals surface area contributed by atoms with Crippen molar-refractivity contribution in [2.24, 2.45) is 34.5 Å². The molecule has 2 unspecified atom stereocenters. The normalized spacial score (nSPS) is 56.5. The van der Waals surface area contributed by atoms with Gasteiger partial charge in [0.15, 0.2) is 0 Å². The number of aliphatic hydroxyl groups is 1. The van der Waals surface area contributed by atoms with Crippen LogP contribution in [0.3, 0.4) is 0 Å². The number of Topliss-reactive ketones (excluding diaryl/α,β-unsaturated/α-hetero) is 1. The van der Waals surface area contributed by atoms with E-state index >= 15 is 0 Å². The third-order valence-corrected chi connectivity index (χ3v) is 8.20. The molecular formula is C19H30O2. The van der Waals surface area contributed by atoms with Crippen molar-refractivity contribution in [1.82, 2.24) is 0 Å². The summed E-state index contributed by atoms with van der Waals surface area (Å²) in [6, 6.07) is 0. The summed E-state index contributed by atoms with van der Waals surface area (Å²) in [6.45, 7) is 4.90. The Bertz CT molecular complexity index is 458. The summed E-state index contributed by atoms with van der Waals surface area (Å²) in [5, 5.41) is 10.0. The second kappa shape index (κ2) is 4.57. The third-order valence-electron chi connectivity index (χ3n) is 8.20. The molecule has 0 aliphatic heterocycles. The standard InChI is InChI=1S/C19H30O2/c1-18-7-6-16-15(17(18)10-14(21)11-18)4-3-12-9-13(20)5-8-19(12,16)2/h12-13,15-17,20H,3-11H2,1-2H3/t12-,13-,15-,16?,17?,18-,19+/m0/s1. The molecule has 4 rings (SSSR count). The first kappa shape index (κ1) is 14.2. The molecule has 0 saturated heterocycles. The van der Waals surface area contributed by atoms with Crippen molar-refractivity contribution in [3.8, 4) is 0 Å². The Morgan fingerprint density at radius 3 is 2.67 bits per heavy atom. The van der Waals surface area contributed by atoms with Crippen LogP contribution in [0.4, 0.5) is 0 Å². The maximum Gasteiger partial charge on any atom is 0.133 e. The van der Waals surface area contributed by atoms with Gasteiger partial charge < -0.3 is 5.11 Å². The van der Waals surface area contributed by atoms with Gasteiger partial charge in [-0.25, -0.2) is 0 Å². The van der Waals surface area contributed by atoms with Crippen LogP contribution < -0.4 is 0 Å². The molecule has 0 spiro atoms. The van der Waals surface area contributed by atoms with Crippen LogP contribution in [-0.4, -0.2) is 17.0 Å². The van der Waals surface area contributed by atoms with Crippen LogP contribution in [0.25, 0.3) is 0 Å². The zero-order valence-corrected chi connectivity index (χ0v) is 13.6. The fraction of sp³-hybridized carbons (Fsp3) is 0.947. The lowest BCUT2D eigenvalue weighted by Crippen LogP contribution is -2.53. The average Bonchev–Trinajstić information content (AvgIpc) is 2.74. The fourth-order valence-electron chi connectivity index (χ4n) is 7.01. The molecule has 0 radical (unpaired) electrons. The average molecular weight is 290 g/mol. The molecule has 118 valence electrons. The number of aliphatic hydroxyl groups excluding tert-OH is 1. The number of ketones is 1. The predicted octanol–water partition coefficient (Wildman–Crippen LogP) is 3.96. The lowest BCUT2D eigenvalue weighted by molar-refractivity contribution is -0.121. The van der Waals surface area contributed by atoms with Gasteiger partial charge in [-0.15, -0.1) is 0 Å². The minimum atomic E-state index is -0.0541. The largest absolute Gasteiger partial charge is 0.393 e. The molecule has 4 aliphatic carbocycles. The topological polar surface area (TPSA) is 37.3 Å². The molecule has 21 heavy (non-hydrogen) atoms. The maximum absolute atomic E-state index is 12.1. The van der Waals surface area contributed by atoms with Crippen molar-refractivity contribution in [2.75, 3.05) is 0 Å². The first-order chi connectivity index (χ1) is 9.92. The number of carbonyl (C=O) groups is 1. The molecule has 2 heteroatoms. The molecule has 4 fully saturated rings. The van der Waals surface area contributed by atoms with Crippen molar-refractivity contribution in [2.45, 2.75) is 77.7 Å². The molecule has 0 aromatic carbocycles. The maximum atomic E-state index is 12.1. The van der Waals surface area contributed by atoms with Crippen LogP contribution >= 0.6 is 0 Å². The van der Waals surface area contributed by atoms with Crippen LogP contribution in [0.5, 0.6) is 0 Å². The van der Waals surface area contributed by atoms with Gasteiger partial charge in [0.25, 0.3) is 0 Å². The first-order valence-electron chi connectivity index (χ1n) is 9.12. The lowest BCUT2D eigenvalue weighted by atomic mass is 9.45. The highest BCUT2D eigenvalue weighted by molar-refractivity contribution is 5.82. The van der Waals surface area contributed by atoms with Gasteiger partial charge >= 0.3 is 0 Å². The summed E-state index contributed by atoms with van der Waals surface area (Å²) in [5.41, 5.74) is 0.755. The molecule has 0 aromatic rings. The predicted molar refractivity (Wildman–Crippen MR) is 82.7 cm³/mol. The van der Waals surface area contributed by atoms with Crippen molar-refractivity contribution >= 4 is 5.78 Å². The summed E-state index contributed by atoms with van der Waals surface area (Å²) in [4.78, 5) is 12.1. The van der Waals surface area contributed by atoms with Crippen molar-refractivity contribution < 1.29 is 9.90 Å². The van der Waals surface area contributed by atoms with Crippen LogP contribution in [0.2, 0.25) is 0 Å². The molecular weight excluding hydrogens is 260 g/mol. The van der Waals surface area contributed by atoms with E-state index < -0.39 is 0 Å². The highest BCUT2D eigenvalue weighted by Crippen LogP contribution is 2.65. The van der Waals surface area contributed by atoms with Gasteiger partial charge in [-0.2, -0.15) is 0 Å². The SMILES string of the molecule is C[C@@]12CCC3[C@H](CC[C@H]4C[C@@H](O)CC[C@@]34C)C1CC(=O)C2. The van der Waals surface area contributed by atoms with E-state index in [4.69, 9.17) is 0 Å². The van der Waals surface area contributed by atoms with Crippen LogP contribution in [0, 0.1) is 34.5 Å². The van der Waals surface area contributed by atoms with E-state index in [1.54, 1.807) is 0 Å². The van der Waals surface area contributed by atoms with Crippen molar-refractivity contribution in [3.05, 3.63) is 0 Å². The Balaban J connectivity index is 1.63. The molecule has 4 saturated carbocycles. The van der Waals surface area contributed by atoms with E-state index in [0.29, 0.717) is 22.5 Å². The summed E-state index contributed by atoms with van der Waals surface area (Å²) >= 11 is 0. The highest BCUT2D eigenvalue weighted by atomic mass is 16.3. The molecule has 2 nitrogen and oxygen atoms in total. The van der Waals surface area contributed by atoms with Crippen LogP contribution in [0.1, 0.15) is 71.6 Å². The third kappa shape index (κ3) is 1.97. The fourth-order valence-corrected chi connectivity index (χ4v) is 7.01. The zero-order chi connectivity index (χ0) is 14.8. The summed E-state index contributed by atoms with van der Waals surface area (Å²) < 4.78 is 0. The number of fused-ring (bicyclic) bond motifs is 5. The van der Waals surface area contributed by atoms with Gasteiger partial charge in [-0.3, -0.25) is 4.79 Å². The van der Waals surface area contributed by atoms with E-state index in [1.807, 2.05) is 0 Å². The number of hydrogen-bond donors (Lipinski definition) is 1. The van der Waals surface area contributed by atoms with Gasteiger partial charge in [-0.1, -0.05) is 13.8 Å². The second-order valence-electron chi connectivity index (χ2n) is 9.20. The number of carbonyl (C=O) groups excluding carboxylic acids is 1. The quantitative estimate of drug-likeness (QED) is 0.733. The Morgan fingerprint density at radius 1 is 1.05 bits per heavy atom. The Hall–Kier alpha value is -0.370. The van der Waals surface area contributed by atoms with E-state index in [1.165, 1.54) is 32.1 Å². The zero-order valence-electron chi connectivity index (χ0n) is 13.6. The number of rotatable bonds is 0. The van der Waals surface area contributed by atoms with Gasteiger partial charge in [0.05, 0.1) is 6.10 Å². The molecule has 0 amide bonds. The molecule has 0 aromatic heterocycles. The first-order valence-corrected chi connectivity index (χ1v) is 9.12. The molecule has 0 bridgehead atoms. The Morgan fingerprint density at radius 2 is 1.86 bits per heavy atom. The van der Waals surface area contributed by atoms with E-state index in [0.717, 1.165) is 43.4 Å².